The summed E-state index contributed by atoms with van der Waals surface area (Å²) in [5, 5.41) is 3.52. The summed E-state index contributed by atoms with van der Waals surface area (Å²) in [7, 11) is -2.86. The minimum atomic E-state index is -2.86. The standard InChI is InChI=1S/C15H23NO2S/c1-19(17,18)10-9-14(12-16-15-7-8-15)11-13-5-3-2-4-6-13/h2-6,14-16H,7-12H2,1H3. The maximum absolute atomic E-state index is 11.3. The van der Waals surface area contributed by atoms with E-state index in [4.69, 9.17) is 0 Å². The monoisotopic (exact) mass is 281 g/mol. The molecular formula is C15H23NO2S. The van der Waals surface area contributed by atoms with Gasteiger partial charge in [-0.2, -0.15) is 0 Å². The molecule has 1 fully saturated rings. The lowest BCUT2D eigenvalue weighted by Crippen LogP contribution is -2.27. The molecule has 0 amide bonds. The molecule has 1 aromatic carbocycles. The second kappa shape index (κ2) is 6.53. The lowest BCUT2D eigenvalue weighted by atomic mass is 9.97. The van der Waals surface area contributed by atoms with Crippen LogP contribution >= 0.6 is 0 Å². The third kappa shape index (κ3) is 6.21. The molecule has 0 spiro atoms. The molecular weight excluding hydrogens is 258 g/mol. The Balaban J connectivity index is 1.88. The molecule has 0 aromatic heterocycles. The van der Waals surface area contributed by atoms with Crippen LogP contribution in [0, 0.1) is 5.92 Å². The topological polar surface area (TPSA) is 46.2 Å². The van der Waals surface area contributed by atoms with Crippen LogP contribution in [-0.4, -0.2) is 33.0 Å². The van der Waals surface area contributed by atoms with Crippen molar-refractivity contribution in [3.8, 4) is 0 Å². The maximum atomic E-state index is 11.3. The summed E-state index contributed by atoms with van der Waals surface area (Å²) >= 11 is 0. The third-order valence-electron chi connectivity index (χ3n) is 3.54. The molecule has 4 heteroatoms. The first-order valence-corrected chi connectivity index (χ1v) is 9.04. The van der Waals surface area contributed by atoms with E-state index < -0.39 is 9.84 Å². The van der Waals surface area contributed by atoms with Crippen LogP contribution < -0.4 is 5.32 Å². The van der Waals surface area contributed by atoms with Crippen LogP contribution in [0.4, 0.5) is 0 Å². The second-order valence-corrected chi connectivity index (χ2v) is 7.92. The van der Waals surface area contributed by atoms with Crippen LogP contribution in [0.5, 0.6) is 0 Å². The number of sulfone groups is 1. The molecule has 106 valence electrons. The molecule has 3 nitrogen and oxygen atoms in total. The first-order valence-electron chi connectivity index (χ1n) is 6.98. The Morgan fingerprint density at radius 1 is 1.26 bits per heavy atom. The number of benzene rings is 1. The van der Waals surface area contributed by atoms with Gasteiger partial charge in [-0.05, 0) is 43.7 Å². The molecule has 1 aliphatic carbocycles. The van der Waals surface area contributed by atoms with E-state index in [2.05, 4.69) is 17.4 Å². The first-order chi connectivity index (χ1) is 9.03. The Hall–Kier alpha value is -0.870. The first kappa shape index (κ1) is 14.5. The third-order valence-corrected chi connectivity index (χ3v) is 4.51. The van der Waals surface area contributed by atoms with Gasteiger partial charge in [-0.1, -0.05) is 30.3 Å². The molecule has 0 bridgehead atoms. The Morgan fingerprint density at radius 3 is 2.53 bits per heavy atom. The van der Waals surface area contributed by atoms with Gasteiger partial charge in [-0.15, -0.1) is 0 Å². The van der Waals surface area contributed by atoms with Gasteiger partial charge in [-0.25, -0.2) is 8.42 Å². The van der Waals surface area contributed by atoms with Gasteiger partial charge in [0.1, 0.15) is 9.84 Å². The highest BCUT2D eigenvalue weighted by Crippen LogP contribution is 2.20. The van der Waals surface area contributed by atoms with Gasteiger partial charge in [-0.3, -0.25) is 0 Å². The summed E-state index contributed by atoms with van der Waals surface area (Å²) in [6.07, 6.45) is 5.55. The highest BCUT2D eigenvalue weighted by Gasteiger charge is 2.22. The molecule has 0 radical (unpaired) electrons. The van der Waals surface area contributed by atoms with Crippen molar-refractivity contribution >= 4 is 9.84 Å². The summed E-state index contributed by atoms with van der Waals surface area (Å²) in [6, 6.07) is 11.0. The fourth-order valence-electron chi connectivity index (χ4n) is 2.23. The minimum Gasteiger partial charge on any atom is -0.314 e. The molecule has 0 saturated heterocycles. The fourth-order valence-corrected chi connectivity index (χ4v) is 2.99. The molecule has 19 heavy (non-hydrogen) atoms. The molecule has 1 aromatic rings. The van der Waals surface area contributed by atoms with Crippen molar-refractivity contribution in [2.75, 3.05) is 18.6 Å². The van der Waals surface area contributed by atoms with E-state index in [1.165, 1.54) is 24.7 Å². The molecule has 1 unspecified atom stereocenters. The quantitative estimate of drug-likeness (QED) is 0.793. The number of hydrogen-bond donors (Lipinski definition) is 1. The SMILES string of the molecule is CS(=O)(=O)CCC(CNC1CC1)Cc1ccccc1. The Morgan fingerprint density at radius 2 is 1.95 bits per heavy atom. The number of rotatable bonds is 8. The molecule has 1 aliphatic rings. The largest absolute Gasteiger partial charge is 0.314 e. The van der Waals surface area contributed by atoms with Crippen molar-refractivity contribution < 1.29 is 8.42 Å². The molecule has 1 saturated carbocycles. The lowest BCUT2D eigenvalue weighted by molar-refractivity contribution is 0.457. The van der Waals surface area contributed by atoms with Crippen LogP contribution in [0.3, 0.4) is 0 Å². The second-order valence-electron chi connectivity index (χ2n) is 5.66. The van der Waals surface area contributed by atoms with Gasteiger partial charge in [0.05, 0.1) is 5.75 Å². The van der Waals surface area contributed by atoms with Gasteiger partial charge in [0.2, 0.25) is 0 Å². The molecule has 1 N–H and O–H groups in total. The summed E-state index contributed by atoms with van der Waals surface area (Å²) in [6.45, 7) is 0.926. The van der Waals surface area contributed by atoms with E-state index in [0.29, 0.717) is 12.0 Å². The van der Waals surface area contributed by atoms with Crippen molar-refractivity contribution in [2.45, 2.75) is 31.7 Å². The predicted molar refractivity (Wildman–Crippen MR) is 79.0 cm³/mol. The predicted octanol–water partition coefficient (Wildman–Crippen LogP) is 2.03. The lowest BCUT2D eigenvalue weighted by Gasteiger charge is -2.17. The van der Waals surface area contributed by atoms with Crippen molar-refractivity contribution in [1.29, 1.82) is 0 Å². The minimum absolute atomic E-state index is 0.289. The fraction of sp³-hybridized carbons (Fsp3) is 0.600. The van der Waals surface area contributed by atoms with Crippen molar-refractivity contribution in [2.24, 2.45) is 5.92 Å². The van der Waals surface area contributed by atoms with Crippen LogP contribution in [0.15, 0.2) is 30.3 Å². The molecule has 1 atom stereocenters. The van der Waals surface area contributed by atoms with E-state index in [1.54, 1.807) is 0 Å². The van der Waals surface area contributed by atoms with Crippen molar-refractivity contribution in [1.82, 2.24) is 5.32 Å². The van der Waals surface area contributed by atoms with Gasteiger partial charge >= 0.3 is 0 Å². The summed E-state index contributed by atoms with van der Waals surface area (Å²) < 4.78 is 22.6. The molecule has 0 aliphatic heterocycles. The smallest absolute Gasteiger partial charge is 0.147 e. The van der Waals surface area contributed by atoms with Crippen LogP contribution in [0.1, 0.15) is 24.8 Å². The molecule has 0 heterocycles. The van der Waals surface area contributed by atoms with Gasteiger partial charge < -0.3 is 5.32 Å². The van der Waals surface area contributed by atoms with Gasteiger partial charge in [0.25, 0.3) is 0 Å². The number of nitrogens with one attached hydrogen (secondary N) is 1. The van der Waals surface area contributed by atoms with Crippen molar-refractivity contribution in [3.63, 3.8) is 0 Å². The van der Waals surface area contributed by atoms with Gasteiger partial charge in [0, 0.05) is 12.3 Å². The van der Waals surface area contributed by atoms with Crippen LogP contribution in [0.25, 0.3) is 0 Å². The Labute approximate surface area is 116 Å². The van der Waals surface area contributed by atoms with Crippen LogP contribution in [0.2, 0.25) is 0 Å². The Kier molecular flexibility index (Phi) is 4.99. The highest BCUT2D eigenvalue weighted by atomic mass is 32.2. The highest BCUT2D eigenvalue weighted by molar-refractivity contribution is 7.90. The summed E-state index contributed by atoms with van der Waals surface area (Å²) in [5.74, 6) is 0.689. The van der Waals surface area contributed by atoms with E-state index in [-0.39, 0.29) is 5.75 Å². The van der Waals surface area contributed by atoms with E-state index in [1.807, 2.05) is 18.2 Å². The van der Waals surface area contributed by atoms with Crippen molar-refractivity contribution in [3.05, 3.63) is 35.9 Å². The van der Waals surface area contributed by atoms with E-state index >= 15 is 0 Å². The number of hydrogen-bond acceptors (Lipinski definition) is 3. The average Bonchev–Trinajstić information content (AvgIpc) is 3.17. The van der Waals surface area contributed by atoms with Gasteiger partial charge in [0.15, 0.2) is 0 Å². The summed E-state index contributed by atoms with van der Waals surface area (Å²) in [5.41, 5.74) is 1.29. The van der Waals surface area contributed by atoms with E-state index in [9.17, 15) is 8.42 Å². The normalized spacial score (nSPS) is 17.3. The summed E-state index contributed by atoms with van der Waals surface area (Å²) in [4.78, 5) is 0. The average molecular weight is 281 g/mol. The Bertz CT molecular complexity index is 480. The maximum Gasteiger partial charge on any atom is 0.147 e. The molecule has 2 rings (SSSR count). The zero-order valence-electron chi connectivity index (χ0n) is 11.5. The zero-order valence-corrected chi connectivity index (χ0v) is 12.3. The van der Waals surface area contributed by atoms with E-state index in [0.717, 1.165) is 19.4 Å². The van der Waals surface area contributed by atoms with Crippen LogP contribution in [-0.2, 0) is 16.3 Å². The zero-order chi connectivity index (χ0) is 13.7.